The van der Waals surface area contributed by atoms with Crippen LogP contribution in [-0.4, -0.2) is 25.3 Å². The molecule has 2 aromatic carbocycles. The number of esters is 1. The van der Waals surface area contributed by atoms with Gasteiger partial charge in [0.25, 0.3) is 0 Å². The highest BCUT2D eigenvalue weighted by Gasteiger charge is 2.18. The maximum absolute atomic E-state index is 12.7. The third-order valence-electron chi connectivity index (χ3n) is 4.00. The van der Waals surface area contributed by atoms with Crippen LogP contribution in [0.2, 0.25) is 0 Å². The molecule has 29 heavy (non-hydrogen) atoms. The number of carbonyl (C=O) groups excluding carboxylic acids is 1. The van der Waals surface area contributed by atoms with E-state index in [0.29, 0.717) is 28.2 Å². The van der Waals surface area contributed by atoms with Crippen molar-refractivity contribution >= 4 is 16.9 Å². The highest BCUT2D eigenvalue weighted by Crippen LogP contribution is 2.25. The smallest absolute Gasteiger partial charge is 0.347 e. The fourth-order valence-electron chi connectivity index (χ4n) is 2.59. The van der Waals surface area contributed by atoms with Crippen LogP contribution in [0.5, 0.6) is 23.0 Å². The van der Waals surface area contributed by atoms with E-state index in [1.165, 1.54) is 6.26 Å². The average Bonchev–Trinajstić information content (AvgIpc) is 2.70. The molecule has 7 nitrogen and oxygen atoms in total. The molecule has 0 aliphatic rings. The van der Waals surface area contributed by atoms with Gasteiger partial charge in [0, 0.05) is 6.07 Å². The third kappa shape index (κ3) is 4.87. The predicted octanol–water partition coefficient (Wildman–Crippen LogP) is 4.31. The highest BCUT2D eigenvalue weighted by atomic mass is 16.6. The quantitative estimate of drug-likeness (QED) is 0.548. The largest absolute Gasteiger partial charge is 0.497 e. The number of fused-ring (bicyclic) bond motifs is 1. The van der Waals surface area contributed by atoms with E-state index >= 15 is 0 Å². The van der Waals surface area contributed by atoms with Crippen molar-refractivity contribution in [3.05, 3.63) is 59.0 Å². The van der Waals surface area contributed by atoms with Gasteiger partial charge < -0.3 is 23.4 Å². The first-order valence-electron chi connectivity index (χ1n) is 9.12. The van der Waals surface area contributed by atoms with Crippen molar-refractivity contribution in [2.45, 2.75) is 33.0 Å². The molecule has 3 rings (SSSR count). The van der Waals surface area contributed by atoms with E-state index in [2.05, 4.69) is 0 Å². The summed E-state index contributed by atoms with van der Waals surface area (Å²) in [5.41, 5.74) is -0.000100. The van der Waals surface area contributed by atoms with Gasteiger partial charge >= 0.3 is 5.97 Å². The molecule has 152 valence electrons. The second-order valence-electron chi connectivity index (χ2n) is 6.61. The summed E-state index contributed by atoms with van der Waals surface area (Å²) >= 11 is 0. The molecule has 0 bridgehead atoms. The minimum atomic E-state index is -0.792. The Morgan fingerprint density at radius 1 is 0.966 bits per heavy atom. The van der Waals surface area contributed by atoms with Crippen LogP contribution in [0, 0.1) is 0 Å². The Balaban J connectivity index is 1.79. The number of rotatable bonds is 7. The van der Waals surface area contributed by atoms with Gasteiger partial charge in [-0.15, -0.1) is 0 Å². The normalized spacial score (nSPS) is 11.9. The maximum Gasteiger partial charge on any atom is 0.347 e. The van der Waals surface area contributed by atoms with E-state index < -0.39 is 12.1 Å². The molecule has 0 N–H and O–H groups in total. The van der Waals surface area contributed by atoms with Crippen LogP contribution >= 0.6 is 0 Å². The fraction of sp³-hybridized carbons (Fsp3) is 0.273. The van der Waals surface area contributed by atoms with Gasteiger partial charge in [-0.3, -0.25) is 4.79 Å². The summed E-state index contributed by atoms with van der Waals surface area (Å²) in [5.74, 6) is 1.14. The molecule has 3 aromatic rings. The topological polar surface area (TPSA) is 84.2 Å². The Morgan fingerprint density at radius 2 is 1.62 bits per heavy atom. The highest BCUT2D eigenvalue weighted by molar-refractivity contribution is 5.79. The van der Waals surface area contributed by atoms with E-state index in [1.54, 1.807) is 70.3 Å². The lowest BCUT2D eigenvalue weighted by atomic mass is 10.2. The Bertz CT molecular complexity index is 1050. The number of carbonyl (C=O) groups is 1. The molecule has 0 saturated heterocycles. The van der Waals surface area contributed by atoms with Crippen LogP contribution in [0.15, 0.2) is 57.9 Å². The first kappa shape index (κ1) is 20.3. The van der Waals surface area contributed by atoms with E-state index in [1.807, 2.05) is 0 Å². The van der Waals surface area contributed by atoms with Crippen LogP contribution < -0.4 is 19.6 Å². The van der Waals surface area contributed by atoms with Crippen LogP contribution in [0.4, 0.5) is 0 Å². The summed E-state index contributed by atoms with van der Waals surface area (Å²) in [4.78, 5) is 24.6. The van der Waals surface area contributed by atoms with Gasteiger partial charge in [0.15, 0.2) is 6.10 Å². The summed E-state index contributed by atoms with van der Waals surface area (Å²) in [6, 6.07) is 11.6. The van der Waals surface area contributed by atoms with Crippen molar-refractivity contribution in [2.24, 2.45) is 0 Å². The van der Waals surface area contributed by atoms with E-state index in [0.717, 1.165) is 0 Å². The molecule has 0 aliphatic carbocycles. The zero-order valence-corrected chi connectivity index (χ0v) is 16.6. The van der Waals surface area contributed by atoms with Crippen molar-refractivity contribution in [1.29, 1.82) is 0 Å². The van der Waals surface area contributed by atoms with Crippen molar-refractivity contribution in [3.63, 3.8) is 0 Å². The molecule has 0 saturated carbocycles. The van der Waals surface area contributed by atoms with Crippen molar-refractivity contribution < 1.29 is 28.2 Å². The van der Waals surface area contributed by atoms with E-state index in [-0.39, 0.29) is 17.3 Å². The predicted molar refractivity (Wildman–Crippen MR) is 107 cm³/mol. The summed E-state index contributed by atoms with van der Waals surface area (Å²) in [5, 5.41) is 0.334. The number of hydrogen-bond donors (Lipinski definition) is 0. The zero-order chi connectivity index (χ0) is 21.0. The minimum Gasteiger partial charge on any atom is -0.497 e. The molecule has 7 heteroatoms. The monoisotopic (exact) mass is 398 g/mol. The first-order valence-corrected chi connectivity index (χ1v) is 9.12. The fourth-order valence-corrected chi connectivity index (χ4v) is 2.59. The summed E-state index contributed by atoms with van der Waals surface area (Å²) in [7, 11) is 1.57. The van der Waals surface area contributed by atoms with Gasteiger partial charge in [-0.2, -0.15) is 0 Å². The van der Waals surface area contributed by atoms with E-state index in [9.17, 15) is 9.59 Å². The SMILES string of the molecule is COc1ccc(Oc2coc3cc(O[C@H](C)C(=O)OC(C)C)ccc3c2=O)cc1. The molecule has 0 radical (unpaired) electrons. The van der Waals surface area contributed by atoms with Crippen molar-refractivity contribution in [1.82, 2.24) is 0 Å². The van der Waals surface area contributed by atoms with Crippen molar-refractivity contribution in [3.8, 4) is 23.0 Å². The van der Waals surface area contributed by atoms with Crippen LogP contribution in [0.25, 0.3) is 11.0 Å². The molecule has 0 aliphatic heterocycles. The lowest BCUT2D eigenvalue weighted by molar-refractivity contribution is -0.154. The van der Waals surface area contributed by atoms with Crippen LogP contribution in [-0.2, 0) is 9.53 Å². The molecule has 1 atom stereocenters. The molecule has 1 aromatic heterocycles. The summed E-state index contributed by atoms with van der Waals surface area (Å²) in [6.45, 7) is 5.12. The average molecular weight is 398 g/mol. The third-order valence-corrected chi connectivity index (χ3v) is 4.00. The van der Waals surface area contributed by atoms with Crippen LogP contribution in [0.3, 0.4) is 0 Å². The van der Waals surface area contributed by atoms with Gasteiger partial charge in [-0.1, -0.05) is 0 Å². The standard InChI is InChI=1S/C22H22O7/c1-13(2)27-22(24)14(3)28-17-9-10-18-19(11-17)26-12-20(21(18)23)29-16-7-5-15(25-4)6-8-16/h5-14H,1-4H3/t14-/m1/s1. The van der Waals surface area contributed by atoms with Crippen LogP contribution in [0.1, 0.15) is 20.8 Å². The van der Waals surface area contributed by atoms with Gasteiger partial charge in [0.05, 0.1) is 18.6 Å². The second kappa shape index (κ2) is 8.68. The van der Waals surface area contributed by atoms with Gasteiger partial charge in [-0.05, 0) is 57.2 Å². The Labute approximate surface area is 167 Å². The second-order valence-corrected chi connectivity index (χ2v) is 6.61. The number of methoxy groups -OCH3 is 1. The molecule has 0 spiro atoms. The Hall–Kier alpha value is -3.48. The zero-order valence-electron chi connectivity index (χ0n) is 16.6. The number of benzene rings is 2. The molecular formula is C22H22O7. The molecule has 0 amide bonds. The van der Waals surface area contributed by atoms with E-state index in [4.69, 9.17) is 23.4 Å². The van der Waals surface area contributed by atoms with Gasteiger partial charge in [0.1, 0.15) is 29.1 Å². The summed E-state index contributed by atoms with van der Waals surface area (Å²) in [6.07, 6.45) is 0.223. The number of hydrogen-bond acceptors (Lipinski definition) is 7. The first-order chi connectivity index (χ1) is 13.9. The lowest BCUT2D eigenvalue weighted by Crippen LogP contribution is -2.28. The Morgan fingerprint density at radius 3 is 2.28 bits per heavy atom. The summed E-state index contributed by atoms with van der Waals surface area (Å²) < 4.78 is 27.0. The molecular weight excluding hydrogens is 376 g/mol. The minimum absolute atomic E-state index is 0.0604. The van der Waals surface area contributed by atoms with Crippen molar-refractivity contribution in [2.75, 3.05) is 7.11 Å². The number of ether oxygens (including phenoxy) is 4. The maximum atomic E-state index is 12.7. The molecule has 0 fully saturated rings. The molecule has 1 heterocycles. The Kier molecular flexibility index (Phi) is 6.07. The molecule has 0 unspecified atom stereocenters. The lowest BCUT2D eigenvalue weighted by Gasteiger charge is -2.15. The van der Waals surface area contributed by atoms with Gasteiger partial charge in [-0.25, -0.2) is 4.79 Å². The van der Waals surface area contributed by atoms with Gasteiger partial charge in [0.2, 0.25) is 11.2 Å².